The predicted octanol–water partition coefficient (Wildman–Crippen LogP) is 1.62. The lowest BCUT2D eigenvalue weighted by Gasteiger charge is -2.11. The molecular formula is C16H19N3O4. The molecule has 2 aromatic rings. The number of aryl methyl sites for hydroxylation is 1. The number of carbonyl (C=O) groups excluding carboxylic acids is 3. The number of imide groups is 1. The molecule has 1 aromatic heterocycles. The predicted molar refractivity (Wildman–Crippen MR) is 84.5 cm³/mol. The van der Waals surface area contributed by atoms with Crippen molar-refractivity contribution in [1.29, 1.82) is 0 Å². The number of aromatic nitrogens is 1. The third-order valence-corrected chi connectivity index (χ3v) is 3.43. The largest absolute Gasteiger partial charge is 0.453 e. The molecular weight excluding hydrogens is 298 g/mol. The van der Waals surface area contributed by atoms with Crippen LogP contribution in [0.5, 0.6) is 0 Å². The summed E-state index contributed by atoms with van der Waals surface area (Å²) in [5.74, 6) is -1.22. The van der Waals surface area contributed by atoms with E-state index < -0.39 is 24.0 Å². The molecule has 0 fully saturated rings. The number of esters is 1. The lowest BCUT2D eigenvalue weighted by molar-refractivity contribution is -0.154. The van der Waals surface area contributed by atoms with Gasteiger partial charge >= 0.3 is 12.0 Å². The van der Waals surface area contributed by atoms with Gasteiger partial charge in [-0.3, -0.25) is 14.9 Å². The molecule has 4 N–H and O–H groups in total. The Kier molecular flexibility index (Phi) is 5.35. The van der Waals surface area contributed by atoms with E-state index >= 15 is 0 Å². The minimum atomic E-state index is -1.05. The molecule has 2 rings (SSSR count). The summed E-state index contributed by atoms with van der Waals surface area (Å²) in [6.45, 7) is 1.38. The molecule has 7 nitrogen and oxygen atoms in total. The van der Waals surface area contributed by atoms with Gasteiger partial charge < -0.3 is 15.5 Å². The fourth-order valence-electron chi connectivity index (χ4n) is 2.29. The Morgan fingerprint density at radius 3 is 2.78 bits per heavy atom. The minimum Gasteiger partial charge on any atom is -0.453 e. The first-order chi connectivity index (χ1) is 11.0. The molecule has 122 valence electrons. The highest BCUT2D eigenvalue weighted by atomic mass is 16.5. The van der Waals surface area contributed by atoms with Crippen LogP contribution in [0.2, 0.25) is 0 Å². The first-order valence-electron chi connectivity index (χ1n) is 7.32. The molecule has 1 aromatic carbocycles. The van der Waals surface area contributed by atoms with Gasteiger partial charge in [-0.1, -0.05) is 18.2 Å². The molecule has 0 radical (unpaired) electrons. The summed E-state index contributed by atoms with van der Waals surface area (Å²) in [5, 5.41) is 3.00. The van der Waals surface area contributed by atoms with Crippen LogP contribution in [-0.4, -0.2) is 29.0 Å². The number of hydrogen-bond acceptors (Lipinski definition) is 4. The molecule has 0 spiro atoms. The first-order valence-corrected chi connectivity index (χ1v) is 7.32. The van der Waals surface area contributed by atoms with E-state index in [2.05, 4.69) is 4.98 Å². The van der Waals surface area contributed by atoms with Crippen molar-refractivity contribution < 1.29 is 19.1 Å². The van der Waals surface area contributed by atoms with Gasteiger partial charge in [0.1, 0.15) is 0 Å². The maximum absolute atomic E-state index is 11.7. The Bertz CT molecular complexity index is 723. The van der Waals surface area contributed by atoms with Gasteiger partial charge in [0.15, 0.2) is 6.10 Å². The standard InChI is InChI=1S/C16H19N3O4/c1-10(15(21)19-16(17)22)23-14(20)8-4-5-11-9-18-13-7-3-2-6-12(11)13/h2-3,6-7,9-10,18H,4-5,8H2,1H3,(H3,17,19,21,22)/t10-/m0/s1. The zero-order chi connectivity index (χ0) is 16.8. The average molecular weight is 317 g/mol. The van der Waals surface area contributed by atoms with Gasteiger partial charge in [-0.05, 0) is 31.4 Å². The highest BCUT2D eigenvalue weighted by Gasteiger charge is 2.18. The molecule has 3 amide bonds. The highest BCUT2D eigenvalue weighted by Crippen LogP contribution is 2.19. The molecule has 1 heterocycles. The van der Waals surface area contributed by atoms with Crippen molar-refractivity contribution in [1.82, 2.24) is 10.3 Å². The monoisotopic (exact) mass is 317 g/mol. The lowest BCUT2D eigenvalue weighted by atomic mass is 10.1. The molecule has 0 aliphatic heterocycles. The van der Waals surface area contributed by atoms with Gasteiger partial charge in [0.2, 0.25) is 0 Å². The van der Waals surface area contributed by atoms with Gasteiger partial charge in [-0.2, -0.15) is 0 Å². The summed E-state index contributed by atoms with van der Waals surface area (Å²) in [6, 6.07) is 6.96. The maximum atomic E-state index is 11.7. The number of benzene rings is 1. The van der Waals surface area contributed by atoms with Crippen molar-refractivity contribution in [3.8, 4) is 0 Å². The summed E-state index contributed by atoms with van der Waals surface area (Å²) in [5.41, 5.74) is 7.02. The number of urea groups is 1. The van der Waals surface area contributed by atoms with Crippen LogP contribution in [0.1, 0.15) is 25.3 Å². The van der Waals surface area contributed by atoms with E-state index in [0.29, 0.717) is 6.42 Å². The van der Waals surface area contributed by atoms with Gasteiger partial charge in [0.05, 0.1) is 0 Å². The van der Waals surface area contributed by atoms with Crippen LogP contribution < -0.4 is 11.1 Å². The number of nitrogens with one attached hydrogen (secondary N) is 2. The fraction of sp³-hybridized carbons (Fsp3) is 0.312. The van der Waals surface area contributed by atoms with Crippen molar-refractivity contribution in [2.45, 2.75) is 32.3 Å². The van der Waals surface area contributed by atoms with E-state index in [0.717, 1.165) is 22.9 Å². The van der Waals surface area contributed by atoms with E-state index in [-0.39, 0.29) is 6.42 Å². The van der Waals surface area contributed by atoms with Crippen LogP contribution in [-0.2, 0) is 20.7 Å². The molecule has 0 saturated heterocycles. The van der Waals surface area contributed by atoms with Crippen LogP contribution in [0.15, 0.2) is 30.5 Å². The van der Waals surface area contributed by atoms with Crippen LogP contribution in [0.3, 0.4) is 0 Å². The second-order valence-electron chi connectivity index (χ2n) is 5.20. The number of rotatable bonds is 6. The smallest absolute Gasteiger partial charge is 0.318 e. The number of carbonyl (C=O) groups is 3. The quantitative estimate of drug-likeness (QED) is 0.702. The van der Waals surface area contributed by atoms with Gasteiger partial charge in [-0.25, -0.2) is 4.79 Å². The number of hydrogen-bond donors (Lipinski definition) is 3. The third-order valence-electron chi connectivity index (χ3n) is 3.43. The zero-order valence-electron chi connectivity index (χ0n) is 12.8. The Morgan fingerprint density at radius 1 is 1.30 bits per heavy atom. The Hall–Kier alpha value is -2.83. The normalized spacial score (nSPS) is 11.9. The van der Waals surface area contributed by atoms with E-state index in [9.17, 15) is 14.4 Å². The molecule has 0 bridgehead atoms. The number of amides is 3. The van der Waals surface area contributed by atoms with Gasteiger partial charge in [-0.15, -0.1) is 0 Å². The first kappa shape index (κ1) is 16.5. The van der Waals surface area contributed by atoms with E-state index in [1.165, 1.54) is 6.92 Å². The Labute approximate surface area is 133 Å². The van der Waals surface area contributed by atoms with Crippen LogP contribution in [0.4, 0.5) is 4.79 Å². The SMILES string of the molecule is C[C@H](OC(=O)CCCc1c[nH]c2ccccc12)C(=O)NC(N)=O. The van der Waals surface area contributed by atoms with Gasteiger partial charge in [0, 0.05) is 23.5 Å². The Morgan fingerprint density at radius 2 is 2.04 bits per heavy atom. The molecule has 7 heteroatoms. The zero-order valence-corrected chi connectivity index (χ0v) is 12.8. The molecule has 0 unspecified atom stereocenters. The summed E-state index contributed by atoms with van der Waals surface area (Å²) >= 11 is 0. The maximum Gasteiger partial charge on any atom is 0.318 e. The highest BCUT2D eigenvalue weighted by molar-refractivity contribution is 5.96. The number of aromatic amines is 1. The van der Waals surface area contributed by atoms with Crippen molar-refractivity contribution >= 4 is 28.8 Å². The van der Waals surface area contributed by atoms with Crippen molar-refractivity contribution in [2.24, 2.45) is 5.73 Å². The molecule has 0 aliphatic rings. The number of ether oxygens (including phenoxy) is 1. The summed E-state index contributed by atoms with van der Waals surface area (Å²) < 4.78 is 4.95. The summed E-state index contributed by atoms with van der Waals surface area (Å²) in [6.07, 6.45) is 2.39. The number of H-pyrrole nitrogens is 1. The van der Waals surface area contributed by atoms with E-state index in [1.807, 2.05) is 35.8 Å². The van der Waals surface area contributed by atoms with Crippen molar-refractivity contribution in [3.63, 3.8) is 0 Å². The second-order valence-corrected chi connectivity index (χ2v) is 5.20. The van der Waals surface area contributed by atoms with Gasteiger partial charge in [0.25, 0.3) is 5.91 Å². The van der Waals surface area contributed by atoms with E-state index in [1.54, 1.807) is 0 Å². The van der Waals surface area contributed by atoms with Crippen molar-refractivity contribution in [3.05, 3.63) is 36.0 Å². The Balaban J connectivity index is 1.78. The average Bonchev–Trinajstić information content (AvgIpc) is 2.90. The number of primary amides is 1. The number of fused-ring (bicyclic) bond motifs is 1. The molecule has 0 aliphatic carbocycles. The third kappa shape index (κ3) is 4.57. The second kappa shape index (κ2) is 7.44. The number of para-hydroxylation sites is 1. The van der Waals surface area contributed by atoms with Crippen LogP contribution >= 0.6 is 0 Å². The van der Waals surface area contributed by atoms with Crippen molar-refractivity contribution in [2.75, 3.05) is 0 Å². The molecule has 23 heavy (non-hydrogen) atoms. The summed E-state index contributed by atoms with van der Waals surface area (Å²) in [7, 11) is 0. The minimum absolute atomic E-state index is 0.188. The topological polar surface area (TPSA) is 114 Å². The lowest BCUT2D eigenvalue weighted by Crippen LogP contribution is -2.42. The van der Waals surface area contributed by atoms with Crippen LogP contribution in [0.25, 0.3) is 10.9 Å². The summed E-state index contributed by atoms with van der Waals surface area (Å²) in [4.78, 5) is 36.8. The molecule has 0 saturated carbocycles. The van der Waals surface area contributed by atoms with E-state index in [4.69, 9.17) is 10.5 Å². The molecule has 1 atom stereocenters. The fourth-order valence-corrected chi connectivity index (χ4v) is 2.29. The number of nitrogens with two attached hydrogens (primary N) is 1. The van der Waals surface area contributed by atoms with Crippen LogP contribution in [0, 0.1) is 0 Å².